The van der Waals surface area contributed by atoms with Gasteiger partial charge in [-0.1, -0.05) is 60.7 Å². The lowest BCUT2D eigenvalue weighted by Gasteiger charge is -2.13. The minimum Gasteiger partial charge on any atom is -0.508 e. The summed E-state index contributed by atoms with van der Waals surface area (Å²) in [6.07, 6.45) is 1.26. The molecule has 68 heavy (non-hydrogen) atoms. The van der Waals surface area contributed by atoms with Gasteiger partial charge in [-0.25, -0.2) is 9.98 Å². The minimum atomic E-state index is -1.25. The molecule has 0 aliphatic heterocycles. The molecular formula is C52H34BN3O12. The lowest BCUT2D eigenvalue weighted by atomic mass is 9.90. The van der Waals surface area contributed by atoms with E-state index in [-0.39, 0.29) is 0 Å². The minimum absolute atomic E-state index is 0.409. The number of para-hydroxylation sites is 1. The molecule has 11 aromatic rings. The van der Waals surface area contributed by atoms with Crippen molar-refractivity contribution in [1.29, 1.82) is 5.41 Å². The van der Waals surface area contributed by atoms with Crippen LogP contribution in [0, 0.1) is 5.41 Å². The van der Waals surface area contributed by atoms with Crippen molar-refractivity contribution in [1.82, 2.24) is 0 Å². The van der Waals surface area contributed by atoms with Crippen LogP contribution in [0.4, 0.5) is 0 Å². The number of aliphatic hydroxyl groups is 1. The Morgan fingerprint density at radius 3 is 1.76 bits per heavy atom. The molecule has 0 aliphatic carbocycles. The number of hydrogen-bond donors (Lipinski definition) is 10. The average molecular weight is 904 g/mol. The van der Waals surface area contributed by atoms with Crippen LogP contribution < -0.4 is 5.46 Å². The maximum absolute atomic E-state index is 10.9. The van der Waals surface area contributed by atoms with Crippen LogP contribution in [-0.4, -0.2) is 78.8 Å². The lowest BCUT2D eigenvalue weighted by Crippen LogP contribution is -2.11. The molecule has 2 radical (unpaired) electrons. The topological polar surface area (TPSA) is 270 Å². The number of nitrogens with zero attached hydrogens (tertiary/aromatic N) is 2. The van der Waals surface area contributed by atoms with Gasteiger partial charge in [0.15, 0.2) is 23.2 Å². The molecule has 16 heteroatoms. The summed E-state index contributed by atoms with van der Waals surface area (Å²) < 4.78 is 18.8. The number of furan rings is 3. The first kappa shape index (κ1) is 42.5. The van der Waals surface area contributed by atoms with E-state index in [1.165, 1.54) is 6.21 Å². The Hall–Kier alpha value is -9.41. The smallest absolute Gasteiger partial charge is 0.208 e. The number of aliphatic hydroxyl groups excluding tert-OH is 1. The van der Waals surface area contributed by atoms with Crippen molar-refractivity contribution in [3.8, 4) is 68.2 Å². The molecule has 3 heterocycles. The molecule has 0 bridgehead atoms. The van der Waals surface area contributed by atoms with E-state index in [9.17, 15) is 40.9 Å². The Bertz CT molecular complexity index is 3950. The van der Waals surface area contributed by atoms with Crippen LogP contribution in [0.3, 0.4) is 0 Å². The van der Waals surface area contributed by atoms with Gasteiger partial charge in [-0.05, 0) is 82.3 Å². The van der Waals surface area contributed by atoms with E-state index in [1.807, 2.05) is 78.9 Å². The van der Waals surface area contributed by atoms with Gasteiger partial charge in [0.05, 0.1) is 0 Å². The summed E-state index contributed by atoms with van der Waals surface area (Å²) in [6, 6.07) is 37.7. The Kier molecular flexibility index (Phi) is 10.2. The first-order valence-corrected chi connectivity index (χ1v) is 20.6. The van der Waals surface area contributed by atoms with Gasteiger partial charge in [-0.3, -0.25) is 5.41 Å². The molecule has 0 fully saturated rings. The van der Waals surface area contributed by atoms with Crippen LogP contribution in [-0.2, 0) is 0 Å². The fourth-order valence-electron chi connectivity index (χ4n) is 8.51. The number of phenolic OH excluding ortho intramolecular Hbond substituents is 8. The number of aromatic hydroxyl groups is 8. The van der Waals surface area contributed by atoms with Crippen molar-refractivity contribution in [2.45, 2.75) is 0 Å². The third-order valence-corrected chi connectivity index (χ3v) is 11.7. The first-order chi connectivity index (χ1) is 32.9. The Morgan fingerprint density at radius 2 is 1.03 bits per heavy atom. The number of fused-ring (bicyclic) bond motifs is 9. The van der Waals surface area contributed by atoms with Crippen LogP contribution in [0.25, 0.3) is 88.1 Å². The van der Waals surface area contributed by atoms with Gasteiger partial charge < -0.3 is 59.2 Å². The second-order valence-electron chi connectivity index (χ2n) is 15.5. The summed E-state index contributed by atoms with van der Waals surface area (Å²) in [4.78, 5) is 8.39. The molecule has 0 unspecified atom stereocenters. The molecule has 0 aliphatic rings. The molecule has 0 spiro atoms. The van der Waals surface area contributed by atoms with Gasteiger partial charge in [-0.15, -0.1) is 0 Å². The molecule has 0 amide bonds. The highest BCUT2D eigenvalue weighted by Gasteiger charge is 2.28. The van der Waals surface area contributed by atoms with Gasteiger partial charge in [0.1, 0.15) is 69.7 Å². The van der Waals surface area contributed by atoms with E-state index >= 15 is 0 Å². The summed E-state index contributed by atoms with van der Waals surface area (Å²) in [5.41, 5.74) is 5.96. The quantitative estimate of drug-likeness (QED) is 0.0254. The van der Waals surface area contributed by atoms with Crippen LogP contribution in [0.1, 0.15) is 16.7 Å². The molecule has 332 valence electrons. The van der Waals surface area contributed by atoms with Gasteiger partial charge >= 0.3 is 0 Å². The summed E-state index contributed by atoms with van der Waals surface area (Å²) in [5, 5.41) is 105. The highest BCUT2D eigenvalue weighted by atomic mass is 16.4. The second kappa shape index (κ2) is 16.2. The number of aliphatic imine (C=N–C) groups is 2. The van der Waals surface area contributed by atoms with Crippen molar-refractivity contribution >= 4 is 97.0 Å². The molecule has 3 aromatic heterocycles. The van der Waals surface area contributed by atoms with Crippen LogP contribution in [0.5, 0.6) is 46.0 Å². The summed E-state index contributed by atoms with van der Waals surface area (Å²) >= 11 is 0. The van der Waals surface area contributed by atoms with Crippen molar-refractivity contribution in [3.63, 3.8) is 0 Å². The van der Waals surface area contributed by atoms with Crippen LogP contribution in [0.15, 0.2) is 145 Å². The van der Waals surface area contributed by atoms with E-state index in [1.54, 1.807) is 18.2 Å². The number of rotatable bonds is 5. The number of nitrogens with one attached hydrogen (secondary N) is 1. The van der Waals surface area contributed by atoms with Gasteiger partial charge in [-0.2, -0.15) is 0 Å². The number of phenols is 8. The summed E-state index contributed by atoms with van der Waals surface area (Å²) in [5.74, 6) is -10.2. The second-order valence-corrected chi connectivity index (χ2v) is 15.5. The van der Waals surface area contributed by atoms with E-state index in [4.69, 9.17) is 31.6 Å². The van der Waals surface area contributed by atoms with E-state index < -0.39 is 74.3 Å². The van der Waals surface area contributed by atoms with Crippen LogP contribution >= 0.6 is 0 Å². The SMILES string of the molecule is CO.[B]c1c(O)cc(O)c(C(=N)N=C(N=Cc2cccc3oc4ccc(-c5cccc6oc7ccc(-c8ccc9c(c8)oc8ccccc89)cc7c56)cc4c23)c2c(O)c(O)c(O)c(O)c2O)c1O. The molecule has 8 aromatic carbocycles. The first-order valence-electron chi connectivity index (χ1n) is 20.6. The molecule has 0 atom stereocenters. The summed E-state index contributed by atoms with van der Waals surface area (Å²) in [6.45, 7) is 0. The van der Waals surface area contributed by atoms with E-state index in [0.717, 1.165) is 68.1 Å². The number of benzene rings is 8. The Labute approximate surface area is 383 Å². The normalized spacial score (nSPS) is 12.0. The predicted molar refractivity (Wildman–Crippen MR) is 260 cm³/mol. The molecule has 15 nitrogen and oxygen atoms in total. The zero-order valence-corrected chi connectivity index (χ0v) is 35.3. The monoisotopic (exact) mass is 903 g/mol. The maximum Gasteiger partial charge on any atom is 0.208 e. The lowest BCUT2D eigenvalue weighted by molar-refractivity contribution is 0.327. The van der Waals surface area contributed by atoms with Gasteiger partial charge in [0.25, 0.3) is 0 Å². The Morgan fingerprint density at radius 1 is 0.485 bits per heavy atom. The number of amidine groups is 2. The average Bonchev–Trinajstić information content (AvgIpc) is 4.05. The van der Waals surface area contributed by atoms with Gasteiger partial charge in [0, 0.05) is 57.3 Å². The predicted octanol–water partition coefficient (Wildman–Crippen LogP) is 9.66. The molecule has 0 saturated heterocycles. The number of hydrogen-bond acceptors (Lipinski definition) is 13. The Balaban J connectivity index is 0.00000266. The standard InChI is InChI=1S/C51H30BN3O11.CH4O/c52-43-32(57)20-31(56)41(44(43)58)50(53)55-51(42-45(59)47(61)49(63)48(62)46(42)60)54-21-25-5-3-9-36-39(25)29-18-24(13-16-34(29)64-36)26-7-4-10-37-40(26)30-17-22(12-15-35(30)65-37)23-11-14-28-27-6-1-2-8-33(27)66-38(28)19-23;1-2/h1-21,53,56-63H;2H,1H3. The fourth-order valence-corrected chi connectivity index (χ4v) is 8.51. The fraction of sp³-hybridized carbons (Fsp3) is 0.0192. The molecule has 0 saturated carbocycles. The van der Waals surface area contributed by atoms with Crippen molar-refractivity contribution in [3.05, 3.63) is 138 Å². The van der Waals surface area contributed by atoms with Crippen molar-refractivity contribution in [2.75, 3.05) is 7.11 Å². The zero-order chi connectivity index (χ0) is 47.7. The van der Waals surface area contributed by atoms with Crippen molar-refractivity contribution < 1.29 is 59.2 Å². The zero-order valence-electron chi connectivity index (χ0n) is 35.3. The van der Waals surface area contributed by atoms with Crippen molar-refractivity contribution in [2.24, 2.45) is 9.98 Å². The van der Waals surface area contributed by atoms with E-state index in [0.29, 0.717) is 38.7 Å². The van der Waals surface area contributed by atoms with Gasteiger partial charge in [0.2, 0.25) is 17.2 Å². The summed E-state index contributed by atoms with van der Waals surface area (Å²) in [7, 11) is 6.73. The molecular weight excluding hydrogens is 869 g/mol. The molecule has 11 rings (SSSR count). The highest BCUT2D eigenvalue weighted by molar-refractivity contribution is 6.37. The molecule has 10 N–H and O–H groups in total. The van der Waals surface area contributed by atoms with E-state index in [2.05, 4.69) is 28.2 Å². The third kappa shape index (κ3) is 6.70. The maximum atomic E-state index is 10.9. The highest BCUT2D eigenvalue weighted by Crippen LogP contribution is 2.51. The van der Waals surface area contributed by atoms with Crippen LogP contribution in [0.2, 0.25) is 0 Å². The largest absolute Gasteiger partial charge is 0.508 e. The third-order valence-electron chi connectivity index (χ3n) is 11.7.